The van der Waals surface area contributed by atoms with E-state index in [2.05, 4.69) is 36.5 Å². The Morgan fingerprint density at radius 2 is 1.88 bits per heavy atom. The maximum atomic E-state index is 12.7. The van der Waals surface area contributed by atoms with Crippen molar-refractivity contribution in [2.24, 2.45) is 5.41 Å². The maximum absolute atomic E-state index is 12.7. The molecule has 0 saturated carbocycles. The molecule has 4 heteroatoms. The van der Waals surface area contributed by atoms with Gasteiger partial charge in [-0.1, -0.05) is 31.2 Å². The van der Waals surface area contributed by atoms with Gasteiger partial charge in [0.1, 0.15) is 0 Å². The molecular formula is C21H26N2O2. The second-order valence-electron chi connectivity index (χ2n) is 7.54. The lowest BCUT2D eigenvalue weighted by molar-refractivity contribution is 0.0542. The van der Waals surface area contributed by atoms with Gasteiger partial charge in [-0.25, -0.2) is 4.79 Å². The number of amides is 2. The molecule has 1 saturated heterocycles. The maximum Gasteiger partial charge on any atom is 0.321 e. The highest BCUT2D eigenvalue weighted by Gasteiger charge is 2.34. The van der Waals surface area contributed by atoms with Crippen LogP contribution in [0.25, 0.3) is 10.8 Å². The number of nitrogens with one attached hydrogen (secondary N) is 1. The van der Waals surface area contributed by atoms with E-state index < -0.39 is 0 Å². The molecule has 2 N–H and O–H groups in total. The molecule has 1 aliphatic heterocycles. The molecular weight excluding hydrogens is 312 g/mol. The van der Waals surface area contributed by atoms with E-state index in [9.17, 15) is 9.90 Å². The lowest BCUT2D eigenvalue weighted by Crippen LogP contribution is -2.46. The highest BCUT2D eigenvalue weighted by atomic mass is 16.3. The fourth-order valence-corrected chi connectivity index (χ4v) is 4.36. The summed E-state index contributed by atoms with van der Waals surface area (Å²) >= 11 is 0. The summed E-state index contributed by atoms with van der Waals surface area (Å²) < 4.78 is 0. The predicted molar refractivity (Wildman–Crippen MR) is 101 cm³/mol. The van der Waals surface area contributed by atoms with Crippen LogP contribution in [0.3, 0.4) is 0 Å². The second-order valence-corrected chi connectivity index (χ2v) is 7.54. The average Bonchev–Trinajstić information content (AvgIpc) is 3.09. The highest BCUT2D eigenvalue weighted by molar-refractivity contribution is 6.04. The fourth-order valence-electron chi connectivity index (χ4n) is 4.36. The number of likely N-dealkylation sites (tertiary alicyclic amines) is 1. The van der Waals surface area contributed by atoms with Crippen LogP contribution in [0.2, 0.25) is 0 Å². The number of hydrogen-bond donors (Lipinski definition) is 2. The van der Waals surface area contributed by atoms with E-state index in [0.717, 1.165) is 43.2 Å². The molecule has 4 nitrogen and oxygen atoms in total. The number of aryl methyl sites for hydroxylation is 2. The molecule has 0 spiro atoms. The molecule has 0 atom stereocenters. The molecule has 25 heavy (non-hydrogen) atoms. The number of aliphatic hydroxyl groups is 1. The Labute approximate surface area is 148 Å². The van der Waals surface area contributed by atoms with E-state index in [1.54, 1.807) is 0 Å². The first kappa shape index (κ1) is 16.4. The fraction of sp³-hybridized carbons (Fsp3) is 0.476. The number of anilines is 1. The number of carbonyl (C=O) groups excluding carboxylic acids is 1. The van der Waals surface area contributed by atoms with Gasteiger partial charge in [-0.05, 0) is 60.1 Å². The molecule has 2 aromatic carbocycles. The molecule has 1 fully saturated rings. The number of hydrogen-bond acceptors (Lipinski definition) is 2. The van der Waals surface area contributed by atoms with Crippen molar-refractivity contribution in [2.75, 3.05) is 25.0 Å². The van der Waals surface area contributed by atoms with Crippen LogP contribution >= 0.6 is 0 Å². The predicted octanol–water partition coefficient (Wildman–Crippen LogP) is 3.95. The van der Waals surface area contributed by atoms with E-state index in [-0.39, 0.29) is 18.1 Å². The summed E-state index contributed by atoms with van der Waals surface area (Å²) in [5.74, 6) is 0. The number of urea groups is 1. The summed E-state index contributed by atoms with van der Waals surface area (Å²) in [4.78, 5) is 14.6. The Morgan fingerprint density at radius 3 is 2.56 bits per heavy atom. The molecule has 2 aliphatic rings. The number of benzene rings is 2. The van der Waals surface area contributed by atoms with Crippen LogP contribution in [0.5, 0.6) is 0 Å². The van der Waals surface area contributed by atoms with Crippen LogP contribution in [0, 0.1) is 5.41 Å². The van der Waals surface area contributed by atoms with Crippen LogP contribution in [-0.4, -0.2) is 35.7 Å². The number of carbonyl (C=O) groups is 1. The molecule has 1 aliphatic carbocycles. The largest absolute Gasteiger partial charge is 0.396 e. The third kappa shape index (κ3) is 2.78. The quantitative estimate of drug-likeness (QED) is 0.890. The summed E-state index contributed by atoms with van der Waals surface area (Å²) in [5.41, 5.74) is 3.68. The lowest BCUT2D eigenvalue weighted by Gasteiger charge is -2.40. The van der Waals surface area contributed by atoms with Gasteiger partial charge >= 0.3 is 6.03 Å². The van der Waals surface area contributed by atoms with Crippen molar-refractivity contribution >= 4 is 22.5 Å². The smallest absolute Gasteiger partial charge is 0.321 e. The Hall–Kier alpha value is -2.07. The van der Waals surface area contributed by atoms with Crippen molar-refractivity contribution in [1.29, 1.82) is 0 Å². The molecule has 0 aromatic heterocycles. The Bertz CT molecular complexity index is 791. The van der Waals surface area contributed by atoms with Crippen molar-refractivity contribution in [3.05, 3.63) is 41.5 Å². The Kier molecular flexibility index (Phi) is 4.16. The summed E-state index contributed by atoms with van der Waals surface area (Å²) in [6.07, 6.45) is 4.90. The van der Waals surface area contributed by atoms with Crippen molar-refractivity contribution in [3.63, 3.8) is 0 Å². The van der Waals surface area contributed by atoms with E-state index in [1.807, 2.05) is 11.0 Å². The minimum absolute atomic E-state index is 0.00121. The van der Waals surface area contributed by atoms with Gasteiger partial charge in [-0.15, -0.1) is 0 Å². The molecule has 0 radical (unpaired) electrons. The van der Waals surface area contributed by atoms with Crippen LogP contribution in [0.4, 0.5) is 10.5 Å². The van der Waals surface area contributed by atoms with Gasteiger partial charge in [0.15, 0.2) is 0 Å². The van der Waals surface area contributed by atoms with Crippen molar-refractivity contribution in [3.8, 4) is 0 Å². The van der Waals surface area contributed by atoms with Gasteiger partial charge in [0.2, 0.25) is 0 Å². The molecule has 0 bridgehead atoms. The van der Waals surface area contributed by atoms with Gasteiger partial charge < -0.3 is 15.3 Å². The zero-order valence-corrected chi connectivity index (χ0v) is 14.8. The van der Waals surface area contributed by atoms with Crippen LogP contribution in [0.1, 0.15) is 37.3 Å². The SMILES string of the molecule is CCC1(CO)CCN(C(=O)Nc2ccc3c4c(cccc24)CC3)CC1. The lowest BCUT2D eigenvalue weighted by atomic mass is 9.77. The van der Waals surface area contributed by atoms with Gasteiger partial charge in [-0.2, -0.15) is 0 Å². The Balaban J connectivity index is 1.52. The zero-order valence-electron chi connectivity index (χ0n) is 14.8. The molecule has 4 rings (SSSR count). The average molecular weight is 338 g/mol. The standard InChI is InChI=1S/C21H26N2O2/c1-2-21(14-24)10-12-23(13-11-21)20(25)22-18-9-8-16-7-6-15-4-3-5-17(18)19(15)16/h3-5,8-9,24H,2,6-7,10-14H2,1H3,(H,22,25). The van der Waals surface area contributed by atoms with Gasteiger partial charge in [0.05, 0.1) is 5.69 Å². The van der Waals surface area contributed by atoms with Gasteiger partial charge in [-0.3, -0.25) is 0 Å². The Morgan fingerprint density at radius 1 is 1.16 bits per heavy atom. The molecule has 132 valence electrons. The van der Waals surface area contributed by atoms with E-state index in [4.69, 9.17) is 0 Å². The summed E-state index contributed by atoms with van der Waals surface area (Å²) in [6, 6.07) is 10.5. The van der Waals surface area contributed by atoms with E-state index >= 15 is 0 Å². The normalized spacial score (nSPS) is 18.6. The molecule has 1 heterocycles. The van der Waals surface area contributed by atoms with E-state index in [0.29, 0.717) is 13.1 Å². The first-order valence-electron chi connectivity index (χ1n) is 9.36. The van der Waals surface area contributed by atoms with Crippen molar-refractivity contribution < 1.29 is 9.90 Å². The summed E-state index contributed by atoms with van der Waals surface area (Å²) in [5, 5.41) is 15.3. The monoisotopic (exact) mass is 338 g/mol. The minimum Gasteiger partial charge on any atom is -0.396 e. The topological polar surface area (TPSA) is 52.6 Å². The van der Waals surface area contributed by atoms with Crippen LogP contribution in [-0.2, 0) is 12.8 Å². The molecule has 2 amide bonds. The number of rotatable bonds is 3. The summed E-state index contributed by atoms with van der Waals surface area (Å²) in [6.45, 7) is 3.76. The van der Waals surface area contributed by atoms with E-state index in [1.165, 1.54) is 16.5 Å². The van der Waals surface area contributed by atoms with Gasteiger partial charge in [0, 0.05) is 25.1 Å². The second kappa shape index (κ2) is 6.34. The third-order valence-corrected chi connectivity index (χ3v) is 6.32. The van der Waals surface area contributed by atoms with Crippen LogP contribution in [0.15, 0.2) is 30.3 Å². The number of aliphatic hydroxyl groups excluding tert-OH is 1. The highest BCUT2D eigenvalue weighted by Crippen LogP contribution is 2.36. The molecule has 2 aromatic rings. The minimum atomic E-state index is -0.0265. The zero-order chi connectivity index (χ0) is 17.4. The first-order valence-corrected chi connectivity index (χ1v) is 9.36. The van der Waals surface area contributed by atoms with Crippen molar-refractivity contribution in [2.45, 2.75) is 39.0 Å². The number of nitrogens with zero attached hydrogens (tertiary/aromatic N) is 1. The van der Waals surface area contributed by atoms with Crippen molar-refractivity contribution in [1.82, 2.24) is 4.90 Å². The molecule has 0 unspecified atom stereocenters. The van der Waals surface area contributed by atoms with Crippen LogP contribution < -0.4 is 5.32 Å². The third-order valence-electron chi connectivity index (χ3n) is 6.32. The first-order chi connectivity index (χ1) is 12.2. The summed E-state index contributed by atoms with van der Waals surface area (Å²) in [7, 11) is 0. The number of piperidine rings is 1. The van der Waals surface area contributed by atoms with Gasteiger partial charge in [0.25, 0.3) is 0 Å².